The summed E-state index contributed by atoms with van der Waals surface area (Å²) in [7, 11) is 0. The molecule has 0 atom stereocenters. The summed E-state index contributed by atoms with van der Waals surface area (Å²) >= 11 is 0. The van der Waals surface area contributed by atoms with Crippen LogP contribution in [0.1, 0.15) is 145 Å². The normalized spacial score (nSPS) is 11.8. The van der Waals surface area contributed by atoms with Crippen LogP contribution < -0.4 is 0 Å². The fourth-order valence-electron chi connectivity index (χ4n) is 10.5. The van der Waals surface area contributed by atoms with Gasteiger partial charge in [0.05, 0.1) is 0 Å². The molecule has 6 aromatic carbocycles. The second-order valence-electron chi connectivity index (χ2n) is 18.4. The predicted octanol–water partition coefficient (Wildman–Crippen LogP) is 16.3. The van der Waals surface area contributed by atoms with Crippen LogP contribution in [-0.2, 0) is 6.42 Å². The minimum absolute atomic E-state index is 1.12. The molecule has 0 aliphatic heterocycles. The smallest absolute Gasteiger partial charge is 0.000778 e. The molecule has 57 heavy (non-hydrogen) atoms. The van der Waals surface area contributed by atoms with Gasteiger partial charge in [-0.25, -0.2) is 0 Å². The zero-order valence-electron chi connectivity index (χ0n) is 40.7. The Bertz CT molecular complexity index is 2360. The Labute approximate surface area is 348 Å². The van der Waals surface area contributed by atoms with Gasteiger partial charge in [-0.15, -0.1) is 0 Å². The minimum Gasteiger partial charge on any atom is -0.0447 e. The third-order valence-corrected chi connectivity index (χ3v) is 16.5. The standard InChI is InChI=1S/C24H30.C21H26.C12H18/c1-11-12(2)16(6)22-20(10)24-18(8)14(4)13(3)17(7)23(24)19(9)21(22)15(11)5;1-10-12(3)16(7)20-18(14(10)5)9-19-15(6)11(2)13(4)17(8)21(19)20;1-7-8(2)10(4)12(6)11(5)9(7)3/h1-10H3;9H2,1-8H3;1-6H3. The molecular weight excluding hydrogens is 685 g/mol. The lowest BCUT2D eigenvalue weighted by Crippen LogP contribution is -2.03. The number of fused-ring (bicyclic) bond motifs is 5. The quantitative estimate of drug-likeness (QED) is 0.135. The fourth-order valence-corrected chi connectivity index (χ4v) is 10.5. The lowest BCUT2D eigenvalue weighted by atomic mass is 9.80. The van der Waals surface area contributed by atoms with Crippen molar-refractivity contribution in [3.63, 3.8) is 0 Å². The number of hydrogen-bond acceptors (Lipinski definition) is 0. The van der Waals surface area contributed by atoms with Gasteiger partial charge in [-0.2, -0.15) is 0 Å². The highest BCUT2D eigenvalue weighted by molar-refractivity contribution is 6.11. The maximum atomic E-state index is 2.33. The summed E-state index contributed by atoms with van der Waals surface area (Å²) in [5.41, 5.74) is 41.3. The summed E-state index contributed by atoms with van der Waals surface area (Å²) in [6.07, 6.45) is 1.12. The van der Waals surface area contributed by atoms with Crippen LogP contribution in [0.3, 0.4) is 0 Å². The molecule has 1 aliphatic rings. The SMILES string of the molecule is Cc1c(C)c(C)c(C)c(C)c1C.Cc1c(C)c(C)c2c(C)c3c(C)c(C)c(C)c(C)c3c(C)c2c1C.Cc1c(C)c(C)c2c(c1C)Cc1c(C)c(C)c(C)c(C)c1-2. The van der Waals surface area contributed by atoms with Gasteiger partial charge in [0.1, 0.15) is 0 Å². The molecule has 0 bridgehead atoms. The first kappa shape index (κ1) is 44.0. The molecule has 0 nitrogen and oxygen atoms in total. The molecule has 0 heterocycles. The molecule has 0 amide bonds. The Hall–Kier alpha value is -4.16. The van der Waals surface area contributed by atoms with Crippen molar-refractivity contribution >= 4 is 21.5 Å². The predicted molar refractivity (Wildman–Crippen MR) is 256 cm³/mol. The van der Waals surface area contributed by atoms with E-state index in [1.54, 1.807) is 11.1 Å². The molecule has 0 radical (unpaired) electrons. The van der Waals surface area contributed by atoms with E-state index >= 15 is 0 Å². The van der Waals surface area contributed by atoms with Crippen molar-refractivity contribution < 1.29 is 0 Å². The first-order chi connectivity index (χ1) is 26.3. The van der Waals surface area contributed by atoms with E-state index < -0.39 is 0 Å². The second-order valence-corrected chi connectivity index (χ2v) is 18.4. The number of aryl methyl sites for hydroxylation is 6. The van der Waals surface area contributed by atoms with Crippen LogP contribution >= 0.6 is 0 Å². The van der Waals surface area contributed by atoms with Crippen LogP contribution in [-0.4, -0.2) is 0 Å². The molecule has 1 aliphatic carbocycles. The lowest BCUT2D eigenvalue weighted by molar-refractivity contribution is 1.12. The monoisotopic (exact) mass is 759 g/mol. The molecular formula is C57H74. The fraction of sp³-hybridized carbons (Fsp3) is 0.439. The average molecular weight is 759 g/mol. The molecule has 0 saturated carbocycles. The zero-order valence-corrected chi connectivity index (χ0v) is 40.7. The Morgan fingerprint density at radius 2 is 0.316 bits per heavy atom. The highest BCUT2D eigenvalue weighted by Gasteiger charge is 2.29. The largest absolute Gasteiger partial charge is 0.0447 e. The van der Waals surface area contributed by atoms with E-state index in [2.05, 4.69) is 166 Å². The Morgan fingerprint density at radius 1 is 0.158 bits per heavy atom. The molecule has 302 valence electrons. The van der Waals surface area contributed by atoms with Crippen LogP contribution in [0.2, 0.25) is 0 Å². The molecule has 0 unspecified atom stereocenters. The van der Waals surface area contributed by atoms with Crippen LogP contribution in [0, 0.1) is 166 Å². The van der Waals surface area contributed by atoms with Gasteiger partial charge < -0.3 is 0 Å². The van der Waals surface area contributed by atoms with Crippen LogP contribution in [0.15, 0.2) is 0 Å². The maximum absolute atomic E-state index is 2.33. The number of hydrogen-bond donors (Lipinski definition) is 0. The van der Waals surface area contributed by atoms with E-state index in [0.29, 0.717) is 0 Å². The zero-order chi connectivity index (χ0) is 43.2. The first-order valence-corrected chi connectivity index (χ1v) is 21.5. The van der Waals surface area contributed by atoms with Gasteiger partial charge in [0, 0.05) is 0 Å². The molecule has 0 spiro atoms. The molecule has 7 rings (SSSR count). The van der Waals surface area contributed by atoms with Crippen molar-refractivity contribution in [1.29, 1.82) is 0 Å². The van der Waals surface area contributed by atoms with Gasteiger partial charge in [0.2, 0.25) is 0 Å². The average Bonchev–Trinajstić information content (AvgIpc) is 3.60. The van der Waals surface area contributed by atoms with Crippen LogP contribution in [0.4, 0.5) is 0 Å². The Morgan fingerprint density at radius 3 is 0.526 bits per heavy atom. The van der Waals surface area contributed by atoms with Gasteiger partial charge in [0.15, 0.2) is 0 Å². The molecule has 0 N–H and O–H groups in total. The molecule has 0 saturated heterocycles. The van der Waals surface area contributed by atoms with Gasteiger partial charge in [-0.3, -0.25) is 0 Å². The van der Waals surface area contributed by atoms with E-state index in [0.717, 1.165) is 6.42 Å². The van der Waals surface area contributed by atoms with Crippen molar-refractivity contribution in [1.82, 2.24) is 0 Å². The van der Waals surface area contributed by atoms with Crippen molar-refractivity contribution in [2.24, 2.45) is 0 Å². The van der Waals surface area contributed by atoms with E-state index in [-0.39, 0.29) is 0 Å². The van der Waals surface area contributed by atoms with E-state index in [9.17, 15) is 0 Å². The van der Waals surface area contributed by atoms with Crippen LogP contribution in [0.5, 0.6) is 0 Å². The van der Waals surface area contributed by atoms with Crippen molar-refractivity contribution in [2.45, 2.75) is 173 Å². The summed E-state index contributed by atoms with van der Waals surface area (Å²) < 4.78 is 0. The lowest BCUT2D eigenvalue weighted by Gasteiger charge is -2.24. The third-order valence-electron chi connectivity index (χ3n) is 16.5. The highest BCUT2D eigenvalue weighted by atomic mass is 14.3. The topological polar surface area (TPSA) is 0 Å². The van der Waals surface area contributed by atoms with Crippen molar-refractivity contribution in [3.8, 4) is 11.1 Å². The van der Waals surface area contributed by atoms with Crippen LogP contribution in [0.25, 0.3) is 32.7 Å². The van der Waals surface area contributed by atoms with Gasteiger partial charge in [-0.1, -0.05) is 0 Å². The van der Waals surface area contributed by atoms with E-state index in [1.807, 2.05) is 0 Å². The summed E-state index contributed by atoms with van der Waals surface area (Å²) in [6, 6.07) is 0. The summed E-state index contributed by atoms with van der Waals surface area (Å²) in [5.74, 6) is 0. The highest BCUT2D eigenvalue weighted by Crippen LogP contribution is 2.48. The van der Waals surface area contributed by atoms with E-state index in [1.165, 1.54) is 166 Å². The number of rotatable bonds is 0. The van der Waals surface area contributed by atoms with Gasteiger partial charge in [0.25, 0.3) is 0 Å². The van der Waals surface area contributed by atoms with Crippen molar-refractivity contribution in [2.75, 3.05) is 0 Å². The van der Waals surface area contributed by atoms with Gasteiger partial charge in [-0.05, 0) is 350 Å². The Kier molecular flexibility index (Phi) is 12.0. The second kappa shape index (κ2) is 15.5. The summed E-state index contributed by atoms with van der Waals surface area (Å²) in [6.45, 7) is 54.5. The van der Waals surface area contributed by atoms with E-state index in [4.69, 9.17) is 0 Å². The summed E-state index contributed by atoms with van der Waals surface area (Å²) in [5, 5.41) is 5.91. The van der Waals surface area contributed by atoms with Gasteiger partial charge >= 0.3 is 0 Å². The molecule has 0 heteroatoms. The number of benzene rings is 6. The minimum atomic E-state index is 1.12. The molecule has 6 aromatic rings. The first-order valence-electron chi connectivity index (χ1n) is 21.5. The molecule has 0 fully saturated rings. The summed E-state index contributed by atoms with van der Waals surface area (Å²) in [4.78, 5) is 0. The van der Waals surface area contributed by atoms with Crippen molar-refractivity contribution in [3.05, 3.63) is 145 Å². The Balaban J connectivity index is 0.000000172. The third kappa shape index (κ3) is 6.59. The maximum Gasteiger partial charge on any atom is -0.000778 e. The molecule has 0 aromatic heterocycles.